The van der Waals surface area contributed by atoms with E-state index in [0.717, 1.165) is 37.5 Å². The van der Waals surface area contributed by atoms with Gasteiger partial charge in [0.2, 0.25) is 5.91 Å². The molecule has 0 radical (unpaired) electrons. The van der Waals surface area contributed by atoms with Crippen molar-refractivity contribution < 1.29 is 9.21 Å². The van der Waals surface area contributed by atoms with Gasteiger partial charge in [0.15, 0.2) is 0 Å². The van der Waals surface area contributed by atoms with E-state index in [1.54, 1.807) is 6.26 Å². The van der Waals surface area contributed by atoms with Gasteiger partial charge >= 0.3 is 0 Å². The van der Waals surface area contributed by atoms with Crippen LogP contribution in [-0.2, 0) is 4.79 Å². The molecule has 2 heterocycles. The minimum absolute atomic E-state index is 0.128. The number of aryl methyl sites for hydroxylation is 1. The Kier molecular flexibility index (Phi) is 6.19. The average molecular weight is 404 g/mol. The largest absolute Gasteiger partial charge is 0.467 e. The summed E-state index contributed by atoms with van der Waals surface area (Å²) in [6.45, 7) is 7.79. The van der Waals surface area contributed by atoms with E-state index in [4.69, 9.17) is 4.42 Å². The van der Waals surface area contributed by atoms with Crippen LogP contribution >= 0.6 is 0 Å². The molecule has 0 spiro atoms. The van der Waals surface area contributed by atoms with Crippen molar-refractivity contribution in [2.24, 2.45) is 0 Å². The molecule has 2 aromatic carbocycles. The second-order valence-corrected chi connectivity index (χ2v) is 7.83. The van der Waals surface area contributed by atoms with E-state index in [-0.39, 0.29) is 18.5 Å². The zero-order valence-electron chi connectivity index (χ0n) is 17.7. The number of anilines is 1. The summed E-state index contributed by atoms with van der Waals surface area (Å²) in [4.78, 5) is 17.2. The number of nitrogens with one attached hydrogen (secondary N) is 1. The lowest BCUT2D eigenvalue weighted by Gasteiger charge is -2.37. The molecule has 1 aliphatic heterocycles. The van der Waals surface area contributed by atoms with E-state index in [0.29, 0.717) is 0 Å². The lowest BCUT2D eigenvalue weighted by atomic mass is 10.0. The monoisotopic (exact) mass is 403 g/mol. The maximum absolute atomic E-state index is 12.9. The van der Waals surface area contributed by atoms with Gasteiger partial charge in [0, 0.05) is 31.9 Å². The third kappa shape index (κ3) is 4.41. The van der Waals surface area contributed by atoms with Crippen LogP contribution in [0.15, 0.2) is 71.3 Å². The van der Waals surface area contributed by atoms with Gasteiger partial charge in [-0.05, 0) is 48.7 Å². The second-order valence-electron chi connectivity index (χ2n) is 7.83. The van der Waals surface area contributed by atoms with Gasteiger partial charge in [-0.2, -0.15) is 0 Å². The lowest BCUT2D eigenvalue weighted by molar-refractivity contribution is -0.130. The fourth-order valence-corrected chi connectivity index (χ4v) is 4.06. The van der Waals surface area contributed by atoms with Crippen molar-refractivity contribution in [1.82, 2.24) is 10.2 Å². The smallest absolute Gasteiger partial charge is 0.236 e. The SMILES string of the molecule is Cc1cccc(N2CCN(C(=O)CN[C@H](c3ccccc3)c3ccco3)CC2)c1C. The molecule has 30 heavy (non-hydrogen) atoms. The Morgan fingerprint density at radius 3 is 2.43 bits per heavy atom. The molecule has 1 aromatic heterocycles. The zero-order chi connectivity index (χ0) is 20.9. The van der Waals surface area contributed by atoms with Crippen LogP contribution in [0.3, 0.4) is 0 Å². The first kappa shape index (κ1) is 20.2. The van der Waals surface area contributed by atoms with E-state index in [9.17, 15) is 4.79 Å². The van der Waals surface area contributed by atoms with Crippen molar-refractivity contribution in [3.05, 3.63) is 89.4 Å². The van der Waals surface area contributed by atoms with E-state index in [1.165, 1.54) is 16.8 Å². The van der Waals surface area contributed by atoms with Crippen LogP contribution in [0.5, 0.6) is 0 Å². The fourth-order valence-electron chi connectivity index (χ4n) is 4.06. The first-order chi connectivity index (χ1) is 14.6. The average Bonchev–Trinajstić information content (AvgIpc) is 3.31. The summed E-state index contributed by atoms with van der Waals surface area (Å²) in [6, 6.07) is 20.2. The van der Waals surface area contributed by atoms with Crippen molar-refractivity contribution in [3.8, 4) is 0 Å². The molecule has 0 bridgehead atoms. The Balaban J connectivity index is 1.36. The third-order valence-electron chi connectivity index (χ3n) is 5.97. The van der Waals surface area contributed by atoms with E-state index < -0.39 is 0 Å². The van der Waals surface area contributed by atoms with Gasteiger partial charge in [-0.25, -0.2) is 0 Å². The summed E-state index contributed by atoms with van der Waals surface area (Å²) in [5, 5.41) is 3.40. The molecule has 1 fully saturated rings. The summed E-state index contributed by atoms with van der Waals surface area (Å²) < 4.78 is 5.62. The highest BCUT2D eigenvalue weighted by Crippen LogP contribution is 2.24. The van der Waals surface area contributed by atoms with Crippen molar-refractivity contribution in [1.29, 1.82) is 0 Å². The maximum atomic E-state index is 12.9. The minimum atomic E-state index is -0.138. The van der Waals surface area contributed by atoms with E-state index in [1.807, 2.05) is 47.4 Å². The van der Waals surface area contributed by atoms with Crippen molar-refractivity contribution >= 4 is 11.6 Å². The normalized spacial score (nSPS) is 15.3. The second kappa shape index (κ2) is 9.18. The summed E-state index contributed by atoms with van der Waals surface area (Å²) in [6.07, 6.45) is 1.67. The number of hydrogen-bond acceptors (Lipinski definition) is 4. The number of nitrogens with zero attached hydrogens (tertiary/aromatic N) is 2. The molecule has 4 rings (SSSR count). The van der Waals surface area contributed by atoms with Gasteiger partial charge in [-0.15, -0.1) is 0 Å². The number of furan rings is 1. The quantitative estimate of drug-likeness (QED) is 0.678. The number of carbonyl (C=O) groups is 1. The Hall–Kier alpha value is -3.05. The Morgan fingerprint density at radius 1 is 0.967 bits per heavy atom. The van der Waals surface area contributed by atoms with Gasteiger partial charge in [-0.1, -0.05) is 42.5 Å². The van der Waals surface area contributed by atoms with Gasteiger partial charge in [0.05, 0.1) is 18.8 Å². The standard InChI is InChI=1S/C25H29N3O2/c1-19-8-6-11-22(20(19)2)27-13-15-28(16-14-27)24(29)18-26-25(23-12-7-17-30-23)21-9-4-3-5-10-21/h3-12,17,25-26H,13-16,18H2,1-2H3/t25-/m1/s1. The molecule has 1 atom stereocenters. The van der Waals surface area contributed by atoms with E-state index in [2.05, 4.69) is 42.3 Å². The third-order valence-corrected chi connectivity index (χ3v) is 5.97. The van der Waals surface area contributed by atoms with E-state index >= 15 is 0 Å². The van der Waals surface area contributed by atoms with Crippen LogP contribution in [0, 0.1) is 13.8 Å². The van der Waals surface area contributed by atoms with Gasteiger partial charge in [0.1, 0.15) is 5.76 Å². The number of rotatable bonds is 6. The predicted molar refractivity (Wildman–Crippen MR) is 120 cm³/mol. The molecule has 5 heteroatoms. The molecule has 1 N–H and O–H groups in total. The molecule has 156 valence electrons. The highest BCUT2D eigenvalue weighted by atomic mass is 16.3. The zero-order valence-corrected chi connectivity index (χ0v) is 17.7. The van der Waals surface area contributed by atoms with Crippen LogP contribution in [0.1, 0.15) is 28.5 Å². The Labute approximate surface area is 178 Å². The van der Waals surface area contributed by atoms with Crippen LogP contribution in [-0.4, -0.2) is 43.5 Å². The molecular formula is C25H29N3O2. The number of piperazine rings is 1. The van der Waals surface area contributed by atoms with Crippen LogP contribution in [0.4, 0.5) is 5.69 Å². The number of carbonyl (C=O) groups excluding carboxylic acids is 1. The summed E-state index contributed by atoms with van der Waals surface area (Å²) >= 11 is 0. The highest BCUT2D eigenvalue weighted by molar-refractivity contribution is 5.78. The Morgan fingerprint density at radius 2 is 1.73 bits per heavy atom. The first-order valence-corrected chi connectivity index (χ1v) is 10.5. The van der Waals surface area contributed by atoms with Crippen molar-refractivity contribution in [2.45, 2.75) is 19.9 Å². The minimum Gasteiger partial charge on any atom is -0.467 e. The molecule has 1 amide bonds. The van der Waals surface area contributed by atoms with Gasteiger partial charge < -0.3 is 14.2 Å². The predicted octanol–water partition coefficient (Wildman–Crippen LogP) is 3.92. The van der Waals surface area contributed by atoms with Crippen molar-refractivity contribution in [3.63, 3.8) is 0 Å². The molecular weight excluding hydrogens is 374 g/mol. The Bertz CT molecular complexity index is 961. The van der Waals surface area contributed by atoms with Crippen LogP contribution < -0.4 is 10.2 Å². The summed E-state index contributed by atoms with van der Waals surface area (Å²) in [7, 11) is 0. The van der Waals surface area contributed by atoms with Gasteiger partial charge in [-0.3, -0.25) is 10.1 Å². The first-order valence-electron chi connectivity index (χ1n) is 10.5. The molecule has 1 saturated heterocycles. The topological polar surface area (TPSA) is 48.7 Å². The highest BCUT2D eigenvalue weighted by Gasteiger charge is 2.24. The fraction of sp³-hybridized carbons (Fsp3) is 0.320. The molecule has 0 unspecified atom stereocenters. The molecule has 0 saturated carbocycles. The van der Waals surface area contributed by atoms with Crippen molar-refractivity contribution in [2.75, 3.05) is 37.6 Å². The lowest BCUT2D eigenvalue weighted by Crippen LogP contribution is -2.51. The molecule has 5 nitrogen and oxygen atoms in total. The van der Waals surface area contributed by atoms with Crippen LogP contribution in [0.2, 0.25) is 0 Å². The number of benzene rings is 2. The van der Waals surface area contributed by atoms with Crippen LogP contribution in [0.25, 0.3) is 0 Å². The number of amides is 1. The molecule has 1 aliphatic rings. The summed E-state index contributed by atoms with van der Waals surface area (Å²) in [5.41, 5.74) is 4.99. The number of hydrogen-bond donors (Lipinski definition) is 1. The summed E-state index contributed by atoms with van der Waals surface area (Å²) in [5.74, 6) is 0.942. The molecule has 0 aliphatic carbocycles. The van der Waals surface area contributed by atoms with Gasteiger partial charge in [0.25, 0.3) is 0 Å². The molecule has 3 aromatic rings. The maximum Gasteiger partial charge on any atom is 0.236 e.